The zero-order chi connectivity index (χ0) is 29.0. The van der Waals surface area contributed by atoms with E-state index in [1.54, 1.807) is 6.92 Å². The van der Waals surface area contributed by atoms with Crippen LogP contribution in [0, 0.1) is 23.7 Å². The van der Waals surface area contributed by atoms with Gasteiger partial charge in [0.1, 0.15) is 0 Å². The number of aliphatic hydroxyl groups excluding tert-OH is 1. The predicted octanol–water partition coefficient (Wildman–Crippen LogP) is 9.67. The normalized spacial score (nSPS) is 23.6. The van der Waals surface area contributed by atoms with Crippen molar-refractivity contribution in [2.75, 3.05) is 13.2 Å². The monoisotopic (exact) mass is 558 g/mol. The van der Waals surface area contributed by atoms with Crippen LogP contribution in [0.5, 0.6) is 0 Å². The maximum Gasteiger partial charge on any atom is 0.333 e. The van der Waals surface area contributed by atoms with Crippen molar-refractivity contribution in [1.82, 2.24) is 0 Å². The fourth-order valence-electron chi connectivity index (χ4n) is 7.62. The minimum atomic E-state index is -0.292. The van der Waals surface area contributed by atoms with E-state index in [0.717, 1.165) is 31.1 Å². The van der Waals surface area contributed by atoms with Crippen LogP contribution in [-0.4, -0.2) is 24.3 Å². The molecule has 0 bridgehead atoms. The van der Waals surface area contributed by atoms with Crippen LogP contribution in [0.4, 0.5) is 0 Å². The van der Waals surface area contributed by atoms with E-state index in [2.05, 4.69) is 62.0 Å². The summed E-state index contributed by atoms with van der Waals surface area (Å²) in [5, 5.41) is 9.67. The number of rotatable bonds is 14. The molecule has 4 rings (SSSR count). The molecule has 0 heterocycles. The molecule has 0 aromatic heterocycles. The van der Waals surface area contributed by atoms with Gasteiger partial charge >= 0.3 is 5.97 Å². The second-order valence-electron chi connectivity index (χ2n) is 13.0. The summed E-state index contributed by atoms with van der Waals surface area (Å²) in [4.78, 5) is 11.6. The second-order valence-corrected chi connectivity index (χ2v) is 13.0. The minimum absolute atomic E-state index is 0.256. The molecule has 2 aliphatic carbocycles. The highest BCUT2D eigenvalue weighted by atomic mass is 16.5. The summed E-state index contributed by atoms with van der Waals surface area (Å²) < 4.78 is 5.30. The smallest absolute Gasteiger partial charge is 0.333 e. The molecule has 0 spiro atoms. The topological polar surface area (TPSA) is 46.5 Å². The van der Waals surface area contributed by atoms with Gasteiger partial charge < -0.3 is 9.84 Å². The van der Waals surface area contributed by atoms with E-state index < -0.39 is 0 Å². The fraction of sp³-hybridized carbons (Fsp3) is 0.605. The van der Waals surface area contributed by atoms with Crippen LogP contribution in [-0.2, 0) is 16.0 Å². The van der Waals surface area contributed by atoms with E-state index in [1.807, 2.05) is 0 Å². The molecule has 41 heavy (non-hydrogen) atoms. The first-order chi connectivity index (χ1) is 20.0. The van der Waals surface area contributed by atoms with Crippen LogP contribution in [0.25, 0.3) is 11.1 Å². The highest BCUT2D eigenvalue weighted by molar-refractivity contribution is 5.86. The highest BCUT2D eigenvalue weighted by Gasteiger charge is 2.33. The largest absolute Gasteiger partial charge is 0.462 e. The Morgan fingerprint density at radius 2 is 1.44 bits per heavy atom. The maximum atomic E-state index is 11.6. The molecule has 0 amide bonds. The summed E-state index contributed by atoms with van der Waals surface area (Å²) in [5.74, 6) is 3.43. The van der Waals surface area contributed by atoms with Gasteiger partial charge in [-0.25, -0.2) is 4.79 Å². The Morgan fingerprint density at radius 1 is 0.854 bits per heavy atom. The summed E-state index contributed by atoms with van der Waals surface area (Å²) in [5.41, 5.74) is 6.08. The van der Waals surface area contributed by atoms with Gasteiger partial charge in [0.2, 0.25) is 0 Å². The summed E-state index contributed by atoms with van der Waals surface area (Å²) >= 11 is 0. The van der Waals surface area contributed by atoms with Gasteiger partial charge in [-0.3, -0.25) is 0 Å². The summed E-state index contributed by atoms with van der Waals surface area (Å²) in [6, 6.07) is 18.6. The summed E-state index contributed by atoms with van der Waals surface area (Å²) in [7, 11) is 0. The number of benzene rings is 2. The highest BCUT2D eigenvalue weighted by Crippen LogP contribution is 2.46. The summed E-state index contributed by atoms with van der Waals surface area (Å²) in [6.07, 6.45) is 17.1. The van der Waals surface area contributed by atoms with Crippen molar-refractivity contribution in [1.29, 1.82) is 0 Å². The van der Waals surface area contributed by atoms with Gasteiger partial charge in [0, 0.05) is 12.2 Å². The average molecular weight is 559 g/mol. The van der Waals surface area contributed by atoms with Crippen LogP contribution in [0.2, 0.25) is 0 Å². The van der Waals surface area contributed by atoms with Gasteiger partial charge in [0.05, 0.1) is 6.61 Å². The zero-order valence-electron chi connectivity index (χ0n) is 25.8. The van der Waals surface area contributed by atoms with Crippen molar-refractivity contribution in [2.45, 2.75) is 110 Å². The molecule has 1 N–H and O–H groups in total. The number of carbonyl (C=O) groups is 1. The van der Waals surface area contributed by atoms with Gasteiger partial charge in [-0.1, -0.05) is 68.5 Å². The molecule has 2 saturated carbocycles. The first-order valence-corrected chi connectivity index (χ1v) is 16.6. The predicted molar refractivity (Wildman–Crippen MR) is 171 cm³/mol. The van der Waals surface area contributed by atoms with Crippen LogP contribution in [0.15, 0.2) is 60.7 Å². The van der Waals surface area contributed by atoms with Crippen LogP contribution >= 0.6 is 0 Å². The molecule has 224 valence electrons. The third kappa shape index (κ3) is 9.30. The van der Waals surface area contributed by atoms with E-state index in [-0.39, 0.29) is 12.6 Å². The van der Waals surface area contributed by atoms with Crippen molar-refractivity contribution in [3.8, 4) is 11.1 Å². The molecule has 2 fully saturated rings. The quantitative estimate of drug-likeness (QED) is 0.143. The zero-order valence-corrected chi connectivity index (χ0v) is 25.8. The molecule has 2 aromatic carbocycles. The van der Waals surface area contributed by atoms with Crippen LogP contribution in [0.1, 0.15) is 114 Å². The second kappa shape index (κ2) is 16.3. The molecule has 3 nitrogen and oxygen atoms in total. The lowest BCUT2D eigenvalue weighted by molar-refractivity contribution is -0.139. The number of unbranched alkanes of at least 4 members (excludes halogenated alkanes) is 1. The Morgan fingerprint density at radius 3 is 2.00 bits per heavy atom. The SMILES string of the molecule is C=C(C)C(=O)OCCCC(CCO)C1CCC(C2CCC(c3ccc(-c4ccc(CCCC)cc4)cc3)CC2)CC1. The standard InChI is InChI=1S/C38H54O3/c1-4-5-7-29-9-11-31(12-10-29)33-17-19-35(20-18-33)37-23-21-36(22-24-37)34-15-13-32(14-16-34)30(25-26-39)8-6-27-41-38(40)28(2)3/h9-12,17-20,30,32,34,36-37,39H,2,4-8,13-16,21-27H2,1,3H3. The minimum Gasteiger partial charge on any atom is -0.462 e. The molecular weight excluding hydrogens is 504 g/mol. The van der Waals surface area contributed by atoms with Crippen molar-refractivity contribution in [3.05, 3.63) is 71.8 Å². The Balaban J connectivity index is 1.19. The molecule has 0 aliphatic heterocycles. The molecule has 2 aromatic rings. The molecule has 2 aliphatic rings. The number of hydrogen-bond acceptors (Lipinski definition) is 3. The number of aliphatic hydroxyl groups is 1. The lowest BCUT2D eigenvalue weighted by atomic mass is 9.66. The van der Waals surface area contributed by atoms with E-state index >= 15 is 0 Å². The van der Waals surface area contributed by atoms with Gasteiger partial charge in [-0.15, -0.1) is 0 Å². The Kier molecular flexibility index (Phi) is 12.5. The van der Waals surface area contributed by atoms with Gasteiger partial charge in [0.15, 0.2) is 0 Å². The third-order valence-electron chi connectivity index (χ3n) is 10.2. The number of carbonyl (C=O) groups excluding carboxylic acids is 1. The number of esters is 1. The molecule has 1 unspecified atom stereocenters. The van der Waals surface area contributed by atoms with Crippen LogP contribution < -0.4 is 0 Å². The molecule has 1 atom stereocenters. The van der Waals surface area contributed by atoms with E-state index in [0.29, 0.717) is 29.9 Å². The third-order valence-corrected chi connectivity index (χ3v) is 10.2. The fourth-order valence-corrected chi connectivity index (χ4v) is 7.62. The molecule has 0 radical (unpaired) electrons. The number of hydrogen-bond donors (Lipinski definition) is 1. The summed E-state index contributed by atoms with van der Waals surface area (Å²) in [6.45, 7) is 8.31. The van der Waals surface area contributed by atoms with Crippen molar-refractivity contribution in [3.63, 3.8) is 0 Å². The Bertz CT molecular complexity index is 1050. The lowest BCUT2D eigenvalue weighted by Gasteiger charge is -2.40. The van der Waals surface area contributed by atoms with E-state index in [9.17, 15) is 9.90 Å². The van der Waals surface area contributed by atoms with Gasteiger partial charge in [0.25, 0.3) is 0 Å². The van der Waals surface area contributed by atoms with Gasteiger partial charge in [-0.2, -0.15) is 0 Å². The van der Waals surface area contributed by atoms with Crippen molar-refractivity contribution >= 4 is 5.97 Å². The van der Waals surface area contributed by atoms with Gasteiger partial charge in [-0.05, 0) is 142 Å². The van der Waals surface area contributed by atoms with E-state index in [4.69, 9.17) is 4.74 Å². The average Bonchev–Trinajstić information content (AvgIpc) is 3.02. The first-order valence-electron chi connectivity index (χ1n) is 16.6. The van der Waals surface area contributed by atoms with E-state index in [1.165, 1.54) is 92.9 Å². The Hall–Kier alpha value is -2.39. The molecular formula is C38H54O3. The number of ether oxygens (including phenoxy) is 1. The molecule has 3 heteroatoms. The first kappa shape index (κ1) is 31.5. The number of aryl methyl sites for hydroxylation is 1. The molecule has 0 saturated heterocycles. The Labute approximate surface area is 249 Å². The van der Waals surface area contributed by atoms with Crippen molar-refractivity contribution in [2.24, 2.45) is 23.7 Å². The van der Waals surface area contributed by atoms with Crippen molar-refractivity contribution < 1.29 is 14.6 Å². The lowest BCUT2D eigenvalue weighted by Crippen LogP contribution is -2.28. The van der Waals surface area contributed by atoms with Crippen LogP contribution in [0.3, 0.4) is 0 Å². The maximum absolute atomic E-state index is 11.6.